The molecule has 1 atom stereocenters. The van der Waals surface area contributed by atoms with Gasteiger partial charge in [-0.05, 0) is 45.3 Å². The number of carbonyl (C=O) groups excluding carboxylic acids is 1. The van der Waals surface area contributed by atoms with Crippen LogP contribution in [0.5, 0.6) is 0 Å². The number of hydrogen-bond donors (Lipinski definition) is 2. The third-order valence-electron chi connectivity index (χ3n) is 3.69. The molecule has 0 heterocycles. The van der Waals surface area contributed by atoms with Crippen LogP contribution in [0.3, 0.4) is 0 Å². The molecule has 1 aliphatic rings. The summed E-state index contributed by atoms with van der Waals surface area (Å²) in [4.78, 5) is 11.7. The molecule has 1 amide bonds. The van der Waals surface area contributed by atoms with E-state index in [2.05, 4.69) is 30.7 Å². The largest absolute Gasteiger partial charge is 0.353 e. The topological polar surface area (TPSA) is 41.1 Å². The number of rotatable bonds is 7. The minimum absolute atomic E-state index is 0.142. The van der Waals surface area contributed by atoms with Crippen LogP contribution in [0.15, 0.2) is 0 Å². The molecule has 1 rings (SSSR count). The summed E-state index contributed by atoms with van der Waals surface area (Å²) in [7, 11) is 0. The van der Waals surface area contributed by atoms with Gasteiger partial charge in [0, 0.05) is 17.3 Å². The van der Waals surface area contributed by atoms with Crippen LogP contribution in [0.2, 0.25) is 0 Å². The summed E-state index contributed by atoms with van der Waals surface area (Å²) in [6.45, 7) is 4.69. The molecule has 2 N–H and O–H groups in total. The van der Waals surface area contributed by atoms with Crippen molar-refractivity contribution in [3.05, 3.63) is 0 Å². The molecule has 0 aliphatic heterocycles. The van der Waals surface area contributed by atoms with Crippen LogP contribution in [-0.2, 0) is 4.79 Å². The van der Waals surface area contributed by atoms with Crippen LogP contribution in [0.25, 0.3) is 0 Å². The van der Waals surface area contributed by atoms with Gasteiger partial charge in [0.15, 0.2) is 0 Å². The van der Waals surface area contributed by atoms with E-state index in [1.54, 1.807) is 0 Å². The maximum atomic E-state index is 11.7. The molecule has 106 valence electrons. The van der Waals surface area contributed by atoms with Crippen molar-refractivity contribution in [2.45, 2.75) is 69.7 Å². The molecular formula is C14H28N2OS. The lowest BCUT2D eigenvalue weighted by atomic mass is 9.95. The molecule has 0 bridgehead atoms. The first-order valence-corrected chi connectivity index (χ1v) is 8.50. The zero-order chi connectivity index (χ0) is 13.4. The Morgan fingerprint density at radius 1 is 1.33 bits per heavy atom. The van der Waals surface area contributed by atoms with Gasteiger partial charge in [-0.15, -0.1) is 0 Å². The number of hydrogen-bond acceptors (Lipinski definition) is 3. The molecule has 1 unspecified atom stereocenters. The Balaban J connectivity index is 2.11. The van der Waals surface area contributed by atoms with Crippen molar-refractivity contribution < 1.29 is 4.79 Å². The molecule has 0 spiro atoms. The fourth-order valence-corrected chi connectivity index (χ4v) is 3.31. The van der Waals surface area contributed by atoms with Gasteiger partial charge in [-0.2, -0.15) is 11.8 Å². The van der Waals surface area contributed by atoms with Crippen LogP contribution in [0.1, 0.15) is 52.4 Å². The average Bonchev–Trinajstić information content (AvgIpc) is 2.37. The Hall–Kier alpha value is -0.220. The molecule has 18 heavy (non-hydrogen) atoms. The second-order valence-corrected chi connectivity index (χ2v) is 6.49. The second-order valence-electron chi connectivity index (χ2n) is 5.35. The van der Waals surface area contributed by atoms with Crippen LogP contribution in [0.4, 0.5) is 0 Å². The molecule has 0 aromatic heterocycles. The lowest BCUT2D eigenvalue weighted by molar-refractivity contribution is -0.121. The normalized spacial score (nSPS) is 25.7. The van der Waals surface area contributed by atoms with Crippen molar-refractivity contribution in [1.82, 2.24) is 10.6 Å². The third kappa shape index (κ3) is 6.10. The molecule has 3 nitrogen and oxygen atoms in total. The number of nitrogens with one attached hydrogen (secondary N) is 2. The Morgan fingerprint density at radius 2 is 2.00 bits per heavy atom. The van der Waals surface area contributed by atoms with Crippen LogP contribution >= 0.6 is 11.8 Å². The SMILES string of the molecule is CCCC(C)NC(=O)CNC1CCC(SC)CC1. The summed E-state index contributed by atoms with van der Waals surface area (Å²) in [5, 5.41) is 7.26. The monoisotopic (exact) mass is 272 g/mol. The predicted octanol–water partition coefficient (Wildman–Crippen LogP) is 2.55. The summed E-state index contributed by atoms with van der Waals surface area (Å²) in [6, 6.07) is 0.845. The number of amides is 1. The van der Waals surface area contributed by atoms with E-state index in [0.717, 1.165) is 18.1 Å². The highest BCUT2D eigenvalue weighted by Gasteiger charge is 2.20. The van der Waals surface area contributed by atoms with Gasteiger partial charge >= 0.3 is 0 Å². The summed E-state index contributed by atoms with van der Waals surface area (Å²) >= 11 is 1.98. The van der Waals surface area contributed by atoms with Crippen molar-refractivity contribution in [3.63, 3.8) is 0 Å². The van der Waals surface area contributed by atoms with Gasteiger partial charge in [-0.1, -0.05) is 13.3 Å². The molecular weight excluding hydrogens is 244 g/mol. The minimum Gasteiger partial charge on any atom is -0.353 e. The Kier molecular flexibility index (Phi) is 7.75. The van der Waals surface area contributed by atoms with Crippen LogP contribution in [0, 0.1) is 0 Å². The summed E-state index contributed by atoms with van der Waals surface area (Å²) in [6.07, 6.45) is 9.37. The molecule has 0 saturated heterocycles. The summed E-state index contributed by atoms with van der Waals surface area (Å²) < 4.78 is 0. The molecule has 0 radical (unpaired) electrons. The van der Waals surface area contributed by atoms with Crippen molar-refractivity contribution in [3.8, 4) is 0 Å². The molecule has 1 fully saturated rings. The number of carbonyl (C=O) groups is 1. The Labute approximate surface area is 116 Å². The van der Waals surface area contributed by atoms with Gasteiger partial charge < -0.3 is 10.6 Å². The fraction of sp³-hybridized carbons (Fsp3) is 0.929. The quantitative estimate of drug-likeness (QED) is 0.748. The van der Waals surface area contributed by atoms with Gasteiger partial charge in [0.2, 0.25) is 5.91 Å². The summed E-state index contributed by atoms with van der Waals surface area (Å²) in [5.74, 6) is 0.142. The van der Waals surface area contributed by atoms with Gasteiger partial charge in [0.1, 0.15) is 0 Å². The van der Waals surface area contributed by atoms with Gasteiger partial charge in [0.05, 0.1) is 6.54 Å². The first-order chi connectivity index (χ1) is 8.65. The van der Waals surface area contributed by atoms with Crippen molar-refractivity contribution in [2.24, 2.45) is 0 Å². The zero-order valence-electron chi connectivity index (χ0n) is 12.0. The molecule has 0 aromatic carbocycles. The lowest BCUT2D eigenvalue weighted by Crippen LogP contribution is -2.43. The van der Waals surface area contributed by atoms with Gasteiger partial charge in [-0.25, -0.2) is 0 Å². The highest BCUT2D eigenvalue weighted by molar-refractivity contribution is 7.99. The second kappa shape index (κ2) is 8.81. The van der Waals surface area contributed by atoms with E-state index in [9.17, 15) is 4.79 Å². The van der Waals surface area contributed by atoms with E-state index in [1.807, 2.05) is 11.8 Å². The minimum atomic E-state index is 0.142. The predicted molar refractivity (Wildman–Crippen MR) is 80.1 cm³/mol. The first-order valence-electron chi connectivity index (χ1n) is 7.21. The van der Waals surface area contributed by atoms with Crippen LogP contribution < -0.4 is 10.6 Å². The Bertz CT molecular complexity index is 240. The fourth-order valence-electron chi connectivity index (χ4n) is 2.57. The smallest absolute Gasteiger partial charge is 0.234 e. The van der Waals surface area contributed by atoms with Gasteiger partial charge in [0.25, 0.3) is 0 Å². The lowest BCUT2D eigenvalue weighted by Gasteiger charge is -2.28. The van der Waals surface area contributed by atoms with E-state index in [1.165, 1.54) is 25.7 Å². The molecule has 0 aromatic rings. The van der Waals surface area contributed by atoms with E-state index >= 15 is 0 Å². The first kappa shape index (κ1) is 15.8. The zero-order valence-corrected chi connectivity index (χ0v) is 12.8. The maximum absolute atomic E-state index is 11.7. The van der Waals surface area contributed by atoms with Gasteiger partial charge in [-0.3, -0.25) is 4.79 Å². The molecule has 1 saturated carbocycles. The van der Waals surface area contributed by atoms with E-state index in [0.29, 0.717) is 18.6 Å². The van der Waals surface area contributed by atoms with E-state index < -0.39 is 0 Å². The molecule has 4 heteroatoms. The summed E-state index contributed by atoms with van der Waals surface area (Å²) in [5.41, 5.74) is 0. The van der Waals surface area contributed by atoms with Crippen molar-refractivity contribution >= 4 is 17.7 Å². The Morgan fingerprint density at radius 3 is 2.56 bits per heavy atom. The molecule has 1 aliphatic carbocycles. The average molecular weight is 272 g/mol. The highest BCUT2D eigenvalue weighted by Crippen LogP contribution is 2.26. The number of thioether (sulfide) groups is 1. The highest BCUT2D eigenvalue weighted by atomic mass is 32.2. The standard InChI is InChI=1S/C14H28N2OS/c1-4-5-11(2)16-14(17)10-15-12-6-8-13(18-3)9-7-12/h11-13,15H,4-10H2,1-3H3,(H,16,17). The van der Waals surface area contributed by atoms with E-state index in [4.69, 9.17) is 0 Å². The third-order valence-corrected chi connectivity index (χ3v) is 4.83. The van der Waals surface area contributed by atoms with E-state index in [-0.39, 0.29) is 5.91 Å². The van der Waals surface area contributed by atoms with Crippen molar-refractivity contribution in [1.29, 1.82) is 0 Å². The van der Waals surface area contributed by atoms with Crippen LogP contribution in [-0.4, -0.2) is 36.0 Å². The maximum Gasteiger partial charge on any atom is 0.234 e. The van der Waals surface area contributed by atoms with Crippen molar-refractivity contribution in [2.75, 3.05) is 12.8 Å².